The van der Waals surface area contributed by atoms with E-state index in [1.54, 1.807) is 18.2 Å². The molecule has 2 atom stereocenters. The van der Waals surface area contributed by atoms with Gasteiger partial charge in [0.25, 0.3) is 5.91 Å². The summed E-state index contributed by atoms with van der Waals surface area (Å²) in [5.41, 5.74) is 0. The van der Waals surface area contributed by atoms with E-state index in [1.807, 2.05) is 0 Å². The van der Waals surface area contributed by atoms with Gasteiger partial charge in [0, 0.05) is 7.05 Å². The molecular formula is C13H15Cl2NO4. The Labute approximate surface area is 127 Å². The van der Waals surface area contributed by atoms with Gasteiger partial charge in [-0.2, -0.15) is 0 Å². The van der Waals surface area contributed by atoms with Crippen LogP contribution in [0.3, 0.4) is 0 Å². The van der Waals surface area contributed by atoms with Crippen molar-refractivity contribution in [2.24, 2.45) is 0 Å². The summed E-state index contributed by atoms with van der Waals surface area (Å²) in [6.07, 6.45) is -0.877. The van der Waals surface area contributed by atoms with E-state index < -0.39 is 24.0 Å². The van der Waals surface area contributed by atoms with E-state index >= 15 is 0 Å². The zero-order valence-corrected chi connectivity index (χ0v) is 12.8. The van der Waals surface area contributed by atoms with E-state index in [0.717, 1.165) is 4.90 Å². The number of amides is 1. The summed E-state index contributed by atoms with van der Waals surface area (Å²) in [7, 11) is 1.40. The number of nitrogens with zero attached hydrogens (tertiary/aromatic N) is 1. The number of hydrogen-bond donors (Lipinski definition) is 1. The van der Waals surface area contributed by atoms with E-state index in [9.17, 15) is 9.59 Å². The standard InChI is InChI=1S/C13H15Cl2NO4/c1-7(13(18)19)16(3)12(17)8(2)20-10-6-4-5-9(14)11(10)15/h4-8H,1-3H3,(H,18,19). The van der Waals surface area contributed by atoms with E-state index in [-0.39, 0.29) is 10.8 Å². The van der Waals surface area contributed by atoms with Crippen molar-refractivity contribution >= 4 is 35.1 Å². The maximum absolute atomic E-state index is 12.1. The zero-order valence-electron chi connectivity index (χ0n) is 11.3. The van der Waals surface area contributed by atoms with Crippen LogP contribution in [-0.2, 0) is 9.59 Å². The highest BCUT2D eigenvalue weighted by Crippen LogP contribution is 2.32. The number of carboxylic acids is 1. The van der Waals surface area contributed by atoms with Crippen LogP contribution in [0.15, 0.2) is 18.2 Å². The van der Waals surface area contributed by atoms with Crippen molar-refractivity contribution in [2.45, 2.75) is 26.0 Å². The lowest BCUT2D eigenvalue weighted by Gasteiger charge is -2.25. The summed E-state index contributed by atoms with van der Waals surface area (Å²) < 4.78 is 5.44. The largest absolute Gasteiger partial charge is 0.480 e. The van der Waals surface area contributed by atoms with Crippen molar-refractivity contribution in [1.82, 2.24) is 4.90 Å². The summed E-state index contributed by atoms with van der Waals surface area (Å²) in [6.45, 7) is 2.93. The number of hydrogen-bond acceptors (Lipinski definition) is 3. The summed E-state index contributed by atoms with van der Waals surface area (Å²) in [5, 5.41) is 9.41. The van der Waals surface area contributed by atoms with Gasteiger partial charge in [-0.15, -0.1) is 0 Å². The predicted octanol–water partition coefficient (Wildman–Crippen LogP) is 2.69. The van der Waals surface area contributed by atoms with Crippen molar-refractivity contribution in [1.29, 1.82) is 0 Å². The minimum Gasteiger partial charge on any atom is -0.480 e. The quantitative estimate of drug-likeness (QED) is 0.906. The SMILES string of the molecule is CC(Oc1cccc(Cl)c1Cl)C(=O)N(C)C(C)C(=O)O. The highest BCUT2D eigenvalue weighted by molar-refractivity contribution is 6.42. The van der Waals surface area contributed by atoms with Crippen LogP contribution < -0.4 is 4.74 Å². The first-order valence-corrected chi connectivity index (χ1v) is 6.61. The van der Waals surface area contributed by atoms with Crippen LogP contribution in [0.1, 0.15) is 13.8 Å². The zero-order chi connectivity index (χ0) is 15.4. The van der Waals surface area contributed by atoms with Gasteiger partial charge in [0.1, 0.15) is 16.8 Å². The highest BCUT2D eigenvalue weighted by Gasteiger charge is 2.27. The van der Waals surface area contributed by atoms with Crippen LogP contribution in [0.4, 0.5) is 0 Å². The maximum atomic E-state index is 12.1. The van der Waals surface area contributed by atoms with E-state index in [0.29, 0.717) is 5.02 Å². The molecule has 0 spiro atoms. The average Bonchev–Trinajstić information content (AvgIpc) is 2.41. The Hall–Kier alpha value is -1.46. The van der Waals surface area contributed by atoms with Crippen molar-refractivity contribution in [3.05, 3.63) is 28.2 Å². The molecule has 0 aliphatic heterocycles. The fourth-order valence-electron chi connectivity index (χ4n) is 1.46. The number of carboxylic acid groups (broad SMARTS) is 1. The molecule has 7 heteroatoms. The molecule has 5 nitrogen and oxygen atoms in total. The summed E-state index contributed by atoms with van der Waals surface area (Å²) in [5.74, 6) is -1.28. The van der Waals surface area contributed by atoms with Crippen LogP contribution >= 0.6 is 23.2 Å². The maximum Gasteiger partial charge on any atom is 0.326 e. The molecule has 0 radical (unpaired) electrons. The Bertz CT molecular complexity index is 521. The smallest absolute Gasteiger partial charge is 0.326 e. The normalized spacial score (nSPS) is 13.4. The molecule has 2 unspecified atom stereocenters. The van der Waals surface area contributed by atoms with Gasteiger partial charge in [-0.25, -0.2) is 4.79 Å². The third-order valence-electron chi connectivity index (χ3n) is 2.85. The minimum absolute atomic E-state index is 0.211. The Morgan fingerprint density at radius 3 is 2.45 bits per heavy atom. The lowest BCUT2D eigenvalue weighted by molar-refractivity contribution is -0.150. The molecule has 20 heavy (non-hydrogen) atoms. The summed E-state index contributed by atoms with van der Waals surface area (Å²) in [6, 6.07) is 3.88. The molecule has 1 amide bonds. The molecule has 0 saturated heterocycles. The number of ether oxygens (including phenoxy) is 1. The van der Waals surface area contributed by atoms with Crippen LogP contribution in [0.2, 0.25) is 10.0 Å². The van der Waals surface area contributed by atoms with Crippen LogP contribution in [0.5, 0.6) is 5.75 Å². The van der Waals surface area contributed by atoms with Gasteiger partial charge in [-0.05, 0) is 26.0 Å². The lowest BCUT2D eigenvalue weighted by Crippen LogP contribution is -2.46. The van der Waals surface area contributed by atoms with Crippen molar-refractivity contribution in [3.63, 3.8) is 0 Å². The average molecular weight is 320 g/mol. The van der Waals surface area contributed by atoms with Gasteiger partial charge < -0.3 is 14.7 Å². The van der Waals surface area contributed by atoms with Crippen LogP contribution in [-0.4, -0.2) is 41.1 Å². The van der Waals surface area contributed by atoms with Gasteiger partial charge in [0.05, 0.1) is 5.02 Å². The Kier molecular flexibility index (Phi) is 5.65. The monoisotopic (exact) mass is 319 g/mol. The molecule has 1 aromatic rings. The second kappa shape index (κ2) is 6.81. The molecular weight excluding hydrogens is 305 g/mol. The van der Waals surface area contributed by atoms with Crippen LogP contribution in [0, 0.1) is 0 Å². The van der Waals surface area contributed by atoms with Gasteiger partial charge >= 0.3 is 5.97 Å². The number of rotatable bonds is 5. The molecule has 0 aliphatic carbocycles. The Balaban J connectivity index is 2.80. The van der Waals surface area contributed by atoms with E-state index in [4.69, 9.17) is 33.0 Å². The number of aliphatic carboxylic acids is 1. The van der Waals surface area contributed by atoms with Gasteiger partial charge in [-0.3, -0.25) is 4.79 Å². The molecule has 110 valence electrons. The second-order valence-corrected chi connectivity index (χ2v) is 5.06. The predicted molar refractivity (Wildman–Crippen MR) is 76.4 cm³/mol. The Morgan fingerprint density at radius 1 is 1.30 bits per heavy atom. The van der Waals surface area contributed by atoms with Crippen molar-refractivity contribution < 1.29 is 19.4 Å². The Morgan fingerprint density at radius 2 is 1.90 bits per heavy atom. The molecule has 1 rings (SSSR count). The topological polar surface area (TPSA) is 66.8 Å². The fraction of sp³-hybridized carbons (Fsp3) is 0.385. The molecule has 0 heterocycles. The number of likely N-dealkylation sites (N-methyl/N-ethyl adjacent to an activating group) is 1. The highest BCUT2D eigenvalue weighted by atomic mass is 35.5. The number of carbonyl (C=O) groups is 2. The number of carbonyl (C=O) groups excluding carboxylic acids is 1. The lowest BCUT2D eigenvalue weighted by atomic mass is 10.2. The van der Waals surface area contributed by atoms with Crippen LogP contribution in [0.25, 0.3) is 0 Å². The van der Waals surface area contributed by atoms with Gasteiger partial charge in [0.2, 0.25) is 0 Å². The van der Waals surface area contributed by atoms with Crippen molar-refractivity contribution in [3.8, 4) is 5.75 Å². The molecule has 1 aromatic carbocycles. The first-order chi connectivity index (χ1) is 9.25. The van der Waals surface area contributed by atoms with Gasteiger partial charge in [0.15, 0.2) is 6.10 Å². The van der Waals surface area contributed by atoms with Gasteiger partial charge in [-0.1, -0.05) is 29.3 Å². The molecule has 0 saturated carbocycles. The minimum atomic E-state index is -1.09. The van der Waals surface area contributed by atoms with E-state index in [1.165, 1.54) is 20.9 Å². The second-order valence-electron chi connectivity index (χ2n) is 4.28. The molecule has 0 fully saturated rings. The summed E-state index contributed by atoms with van der Waals surface area (Å²) >= 11 is 11.8. The molecule has 0 aromatic heterocycles. The van der Waals surface area contributed by atoms with E-state index in [2.05, 4.69) is 0 Å². The number of benzene rings is 1. The fourth-order valence-corrected chi connectivity index (χ4v) is 1.80. The molecule has 0 aliphatic rings. The summed E-state index contributed by atoms with van der Waals surface area (Å²) in [4.78, 5) is 24.0. The third kappa shape index (κ3) is 3.77. The third-order valence-corrected chi connectivity index (χ3v) is 3.66. The van der Waals surface area contributed by atoms with Crippen molar-refractivity contribution in [2.75, 3.05) is 7.05 Å². The molecule has 1 N–H and O–H groups in total. The first-order valence-electron chi connectivity index (χ1n) is 5.85. The molecule has 0 bridgehead atoms. The first kappa shape index (κ1) is 16.6. The number of halogens is 2.